The highest BCUT2D eigenvalue weighted by molar-refractivity contribution is 5.98. The van der Waals surface area contributed by atoms with E-state index in [9.17, 15) is 19.1 Å². The summed E-state index contributed by atoms with van der Waals surface area (Å²) in [7, 11) is 0. The van der Waals surface area contributed by atoms with Gasteiger partial charge in [0.05, 0.1) is 0 Å². The second-order valence-electron chi connectivity index (χ2n) is 8.34. The van der Waals surface area contributed by atoms with E-state index in [4.69, 9.17) is 0 Å². The van der Waals surface area contributed by atoms with Gasteiger partial charge in [0.2, 0.25) is 11.9 Å². The number of aliphatic hydroxyl groups excluding tert-OH is 1. The first-order valence-corrected chi connectivity index (χ1v) is 11.9. The van der Waals surface area contributed by atoms with Gasteiger partial charge in [0.1, 0.15) is 23.3 Å². The van der Waals surface area contributed by atoms with Crippen molar-refractivity contribution in [2.24, 2.45) is 0 Å². The van der Waals surface area contributed by atoms with E-state index >= 15 is 0 Å². The second kappa shape index (κ2) is 13.4. The van der Waals surface area contributed by atoms with Gasteiger partial charge in [-0.3, -0.25) is 9.59 Å². The number of hydrogen-bond donors (Lipinski definition) is 5. The molecule has 1 aromatic carbocycles. The minimum absolute atomic E-state index is 0.236. The normalized spacial score (nSPS) is 18.4. The fourth-order valence-corrected chi connectivity index (χ4v) is 3.59. The summed E-state index contributed by atoms with van der Waals surface area (Å²) in [5, 5.41) is 22.0. The largest absolute Gasteiger partial charge is 0.383 e. The number of nitrogens with one attached hydrogen (secondary N) is 4. The summed E-state index contributed by atoms with van der Waals surface area (Å²) in [6, 6.07) is 5.91. The molecule has 1 aliphatic rings. The molecule has 184 valence electrons. The van der Waals surface area contributed by atoms with Crippen LogP contribution in [0.5, 0.6) is 0 Å². The van der Waals surface area contributed by atoms with Crippen LogP contribution in [-0.4, -0.2) is 52.6 Å². The summed E-state index contributed by atoms with van der Waals surface area (Å²) in [6.45, 7) is 1.94. The maximum Gasteiger partial charge on any atom is 0.256 e. The average Bonchev–Trinajstić information content (AvgIpc) is 2.84. The maximum absolute atomic E-state index is 13.1. The Morgan fingerprint density at radius 3 is 2.44 bits per heavy atom. The van der Waals surface area contributed by atoms with Gasteiger partial charge in [-0.05, 0) is 43.4 Å². The average molecular weight is 473 g/mol. The summed E-state index contributed by atoms with van der Waals surface area (Å²) < 4.78 is 13.1. The van der Waals surface area contributed by atoms with E-state index in [1.807, 2.05) is 0 Å². The molecule has 9 nitrogen and oxygen atoms in total. The van der Waals surface area contributed by atoms with Crippen LogP contribution in [0.15, 0.2) is 30.5 Å². The van der Waals surface area contributed by atoms with Crippen molar-refractivity contribution in [2.45, 2.75) is 57.6 Å². The molecule has 10 heteroatoms. The second-order valence-corrected chi connectivity index (χ2v) is 8.34. The van der Waals surface area contributed by atoms with E-state index in [2.05, 4.69) is 31.2 Å². The number of amides is 2. The summed E-state index contributed by atoms with van der Waals surface area (Å²) in [6.07, 6.45) is 6.17. The summed E-state index contributed by atoms with van der Waals surface area (Å²) in [5.74, 6) is -0.250. The zero-order chi connectivity index (χ0) is 24.2. The molecule has 0 saturated heterocycles. The van der Waals surface area contributed by atoms with Gasteiger partial charge in [0.15, 0.2) is 0 Å². The van der Waals surface area contributed by atoms with Crippen LogP contribution in [0.4, 0.5) is 16.2 Å². The molecule has 0 radical (unpaired) electrons. The number of anilines is 2. The van der Waals surface area contributed by atoms with Crippen LogP contribution in [0, 0.1) is 5.82 Å². The molecule has 0 fully saturated rings. The van der Waals surface area contributed by atoms with Gasteiger partial charge < -0.3 is 26.4 Å². The fraction of sp³-hybridized carbons (Fsp3) is 0.500. The fourth-order valence-electron chi connectivity index (χ4n) is 3.59. The number of carbonyl (C=O) groups is 2. The van der Waals surface area contributed by atoms with Crippen molar-refractivity contribution in [3.05, 3.63) is 47.4 Å². The molecule has 2 aromatic rings. The molecule has 1 atom stereocenters. The predicted molar refractivity (Wildman–Crippen MR) is 128 cm³/mol. The Morgan fingerprint density at radius 1 is 1.00 bits per heavy atom. The molecule has 1 unspecified atom stereocenters. The molecular formula is C24H33FN6O3. The highest BCUT2D eigenvalue weighted by Crippen LogP contribution is 2.16. The Hall–Kier alpha value is -3.27. The number of aromatic nitrogens is 2. The molecule has 0 aliphatic carbocycles. The van der Waals surface area contributed by atoms with Gasteiger partial charge in [0, 0.05) is 32.4 Å². The van der Waals surface area contributed by atoms with Crippen molar-refractivity contribution in [1.82, 2.24) is 20.6 Å². The van der Waals surface area contributed by atoms with Gasteiger partial charge in [-0.15, -0.1) is 0 Å². The van der Waals surface area contributed by atoms with Gasteiger partial charge in [-0.1, -0.05) is 31.4 Å². The highest BCUT2D eigenvalue weighted by Gasteiger charge is 2.17. The quantitative estimate of drug-likeness (QED) is 0.464. The summed E-state index contributed by atoms with van der Waals surface area (Å²) in [5.41, 5.74) is 1.05. The first-order chi connectivity index (χ1) is 16.5. The van der Waals surface area contributed by atoms with Crippen LogP contribution in [0.3, 0.4) is 0 Å². The lowest BCUT2D eigenvalue weighted by molar-refractivity contribution is -0.129. The number of benzene rings is 1. The molecule has 2 heterocycles. The molecule has 1 aliphatic heterocycles. The smallest absolute Gasteiger partial charge is 0.256 e. The van der Waals surface area contributed by atoms with Gasteiger partial charge in [-0.2, -0.15) is 4.98 Å². The number of fused-ring (bicyclic) bond motifs is 2. The summed E-state index contributed by atoms with van der Waals surface area (Å²) in [4.78, 5) is 33.6. The van der Waals surface area contributed by atoms with E-state index in [0.29, 0.717) is 37.7 Å². The summed E-state index contributed by atoms with van der Waals surface area (Å²) >= 11 is 0. The maximum atomic E-state index is 13.1. The molecule has 1 aromatic heterocycles. The topological polar surface area (TPSA) is 128 Å². The van der Waals surface area contributed by atoms with E-state index < -0.39 is 6.10 Å². The third kappa shape index (κ3) is 8.26. The number of aliphatic hydroxyl groups is 1. The van der Waals surface area contributed by atoms with Crippen molar-refractivity contribution in [3.8, 4) is 0 Å². The molecule has 34 heavy (non-hydrogen) atoms. The van der Waals surface area contributed by atoms with Crippen molar-refractivity contribution < 1.29 is 19.1 Å². The van der Waals surface area contributed by atoms with Gasteiger partial charge >= 0.3 is 0 Å². The van der Waals surface area contributed by atoms with Crippen molar-refractivity contribution in [1.29, 1.82) is 0 Å². The third-order valence-corrected chi connectivity index (χ3v) is 5.59. The SMILES string of the molecule is O=C(NCc1ccc(F)cc1)c1cnc2nc1NCCCC(O)C(=O)NCCCCCCCN2. The zero-order valence-electron chi connectivity index (χ0n) is 19.3. The molecule has 3 rings (SSSR count). The Morgan fingerprint density at radius 2 is 1.68 bits per heavy atom. The lowest BCUT2D eigenvalue weighted by Crippen LogP contribution is -2.35. The van der Waals surface area contributed by atoms with E-state index in [-0.39, 0.29) is 29.7 Å². The molecule has 0 saturated carbocycles. The number of rotatable bonds is 3. The molecule has 2 bridgehead atoms. The molecule has 0 spiro atoms. The van der Waals surface area contributed by atoms with Crippen LogP contribution in [0.2, 0.25) is 0 Å². The third-order valence-electron chi connectivity index (χ3n) is 5.59. The zero-order valence-corrected chi connectivity index (χ0v) is 19.3. The first kappa shape index (κ1) is 25.4. The number of nitrogens with zero attached hydrogens (tertiary/aromatic N) is 2. The molecular weight excluding hydrogens is 439 g/mol. The Kier molecular flexibility index (Phi) is 10.0. The number of halogens is 1. The van der Waals surface area contributed by atoms with Crippen LogP contribution in [0.1, 0.15) is 60.9 Å². The van der Waals surface area contributed by atoms with E-state index in [1.54, 1.807) is 12.1 Å². The van der Waals surface area contributed by atoms with Crippen LogP contribution in [-0.2, 0) is 11.3 Å². The van der Waals surface area contributed by atoms with Gasteiger partial charge in [-0.25, -0.2) is 9.37 Å². The van der Waals surface area contributed by atoms with E-state index in [0.717, 1.165) is 44.2 Å². The Balaban J connectivity index is 1.66. The van der Waals surface area contributed by atoms with E-state index in [1.165, 1.54) is 18.3 Å². The van der Waals surface area contributed by atoms with Crippen molar-refractivity contribution in [2.75, 3.05) is 30.3 Å². The lowest BCUT2D eigenvalue weighted by Gasteiger charge is -2.15. The minimum atomic E-state index is -1.07. The molecule has 5 N–H and O–H groups in total. The minimum Gasteiger partial charge on any atom is -0.383 e. The van der Waals surface area contributed by atoms with Crippen LogP contribution in [0.25, 0.3) is 0 Å². The van der Waals surface area contributed by atoms with Crippen LogP contribution < -0.4 is 21.3 Å². The Bertz CT molecular complexity index is 941. The van der Waals surface area contributed by atoms with Crippen LogP contribution >= 0.6 is 0 Å². The standard InChI is InChI=1S/C24H33FN6O3/c25-18-10-8-17(9-11-18)15-29-22(33)19-16-30-24-28-13-5-3-1-2-4-12-27-23(34)20(32)7-6-14-26-21(19)31-24/h8-11,16,20,32H,1-7,12-15H2,(H,27,34)(H,29,33)(H2,26,28,30,31). The Labute approximate surface area is 199 Å². The van der Waals surface area contributed by atoms with Gasteiger partial charge in [0.25, 0.3) is 5.91 Å². The van der Waals surface area contributed by atoms with Crippen molar-refractivity contribution >= 4 is 23.6 Å². The monoisotopic (exact) mass is 472 g/mol. The highest BCUT2D eigenvalue weighted by atomic mass is 19.1. The molecule has 2 amide bonds. The number of carbonyl (C=O) groups excluding carboxylic acids is 2. The lowest BCUT2D eigenvalue weighted by atomic mass is 10.1. The predicted octanol–water partition coefficient (Wildman–Crippen LogP) is 2.59. The first-order valence-electron chi connectivity index (χ1n) is 11.9. The number of hydrogen-bond acceptors (Lipinski definition) is 7. The van der Waals surface area contributed by atoms with Crippen molar-refractivity contribution in [3.63, 3.8) is 0 Å².